The topological polar surface area (TPSA) is 76.4 Å². The number of nitrogens with zero attached hydrogens (tertiary/aromatic N) is 4. The molecule has 2 aromatic rings. The number of rotatable bonds is 9. The van der Waals surface area contributed by atoms with E-state index in [0.29, 0.717) is 25.7 Å². The first-order valence-electron chi connectivity index (χ1n) is 9.12. The number of aromatic nitrogens is 3. The number of hydrogen-bond donors (Lipinski definition) is 2. The first-order chi connectivity index (χ1) is 13.0. The molecule has 0 fully saturated rings. The van der Waals surface area contributed by atoms with Crippen LogP contribution in [0.5, 0.6) is 0 Å². The van der Waals surface area contributed by atoms with Crippen LogP contribution < -0.4 is 10.6 Å². The molecule has 0 radical (unpaired) electrons. The van der Waals surface area contributed by atoms with Crippen molar-refractivity contribution >= 4 is 29.9 Å². The number of guanidine groups is 1. The highest BCUT2D eigenvalue weighted by Gasteiger charge is 2.06. The molecule has 0 aliphatic heterocycles. The molecule has 9 heteroatoms. The van der Waals surface area contributed by atoms with E-state index in [0.717, 1.165) is 42.2 Å². The van der Waals surface area contributed by atoms with Gasteiger partial charge in [0, 0.05) is 33.9 Å². The van der Waals surface area contributed by atoms with Gasteiger partial charge in [0.2, 0.25) is 0 Å². The van der Waals surface area contributed by atoms with Crippen molar-refractivity contribution in [2.45, 2.75) is 33.2 Å². The van der Waals surface area contributed by atoms with Gasteiger partial charge in [0.15, 0.2) is 11.8 Å². The van der Waals surface area contributed by atoms with Gasteiger partial charge in [0.05, 0.1) is 0 Å². The van der Waals surface area contributed by atoms with Crippen LogP contribution in [0.2, 0.25) is 0 Å². The lowest BCUT2D eigenvalue weighted by Gasteiger charge is -2.13. The molecule has 2 N–H and O–H groups in total. The van der Waals surface area contributed by atoms with Crippen molar-refractivity contribution in [3.63, 3.8) is 0 Å². The van der Waals surface area contributed by atoms with Gasteiger partial charge in [-0.1, -0.05) is 6.07 Å². The molecule has 0 unspecified atom stereocenters. The van der Waals surface area contributed by atoms with Crippen LogP contribution in [0, 0.1) is 19.7 Å². The third-order valence-electron chi connectivity index (χ3n) is 4.37. The Balaban J connectivity index is 0.00000392. The highest BCUT2D eigenvalue weighted by Crippen LogP contribution is 2.10. The summed E-state index contributed by atoms with van der Waals surface area (Å²) in [6.07, 6.45) is 1.67. The summed E-state index contributed by atoms with van der Waals surface area (Å²) in [5, 5.41) is 14.8. The molecule has 1 heterocycles. The minimum absolute atomic E-state index is 0. The van der Waals surface area contributed by atoms with Gasteiger partial charge >= 0.3 is 0 Å². The zero-order chi connectivity index (χ0) is 19.6. The van der Waals surface area contributed by atoms with Crippen molar-refractivity contribution in [1.29, 1.82) is 0 Å². The number of nitrogens with one attached hydrogen (secondary N) is 2. The Bertz CT molecular complexity index is 765. The molecule has 0 atom stereocenters. The second-order valence-electron chi connectivity index (χ2n) is 6.41. The number of ether oxygens (including phenoxy) is 1. The molecular weight excluding hydrogens is 474 g/mol. The van der Waals surface area contributed by atoms with Crippen molar-refractivity contribution in [1.82, 2.24) is 25.4 Å². The van der Waals surface area contributed by atoms with Gasteiger partial charge in [-0.2, -0.15) is 0 Å². The molecule has 0 saturated heterocycles. The summed E-state index contributed by atoms with van der Waals surface area (Å²) < 4.78 is 20.2. The van der Waals surface area contributed by atoms with Gasteiger partial charge in [-0.15, -0.1) is 34.2 Å². The fourth-order valence-electron chi connectivity index (χ4n) is 2.59. The number of halogens is 2. The number of benzene rings is 1. The molecule has 0 aliphatic rings. The molecule has 2 rings (SSSR count). The maximum Gasteiger partial charge on any atom is 0.191 e. The number of aryl methyl sites for hydroxylation is 2. The van der Waals surface area contributed by atoms with Crippen LogP contribution in [0.1, 0.15) is 29.2 Å². The van der Waals surface area contributed by atoms with Crippen LogP contribution >= 0.6 is 24.0 Å². The summed E-state index contributed by atoms with van der Waals surface area (Å²) in [4.78, 5) is 4.60. The van der Waals surface area contributed by atoms with E-state index in [1.165, 1.54) is 6.07 Å². The van der Waals surface area contributed by atoms with Gasteiger partial charge in [0.25, 0.3) is 0 Å². The fraction of sp³-hybridized carbons (Fsp3) is 0.526. The molecule has 0 amide bonds. The van der Waals surface area contributed by atoms with Crippen molar-refractivity contribution in [2.75, 3.05) is 26.8 Å². The third kappa shape index (κ3) is 7.70. The number of methoxy groups -OCH3 is 1. The molecule has 0 spiro atoms. The fourth-order valence-corrected chi connectivity index (χ4v) is 2.59. The largest absolute Gasteiger partial charge is 0.385 e. The summed E-state index contributed by atoms with van der Waals surface area (Å²) in [6.45, 7) is 6.41. The first kappa shape index (κ1) is 24.3. The average molecular weight is 504 g/mol. The average Bonchev–Trinajstić information content (AvgIpc) is 2.96. The highest BCUT2D eigenvalue weighted by molar-refractivity contribution is 14.0. The molecule has 156 valence electrons. The molecule has 28 heavy (non-hydrogen) atoms. The normalized spacial score (nSPS) is 11.2. The minimum atomic E-state index is -0.203. The Labute approximate surface area is 183 Å². The monoisotopic (exact) mass is 504 g/mol. The predicted molar refractivity (Wildman–Crippen MR) is 120 cm³/mol. The van der Waals surface area contributed by atoms with Crippen molar-refractivity contribution in [3.8, 4) is 0 Å². The number of aliphatic imine (C=N–C) groups is 1. The summed E-state index contributed by atoms with van der Waals surface area (Å²) in [6, 6.07) is 4.89. The Morgan fingerprint density at radius 3 is 2.61 bits per heavy atom. The molecular formula is C19H30FIN6O. The summed E-state index contributed by atoms with van der Waals surface area (Å²) >= 11 is 0. The van der Waals surface area contributed by atoms with Gasteiger partial charge < -0.3 is 19.9 Å². The standard InChI is InChI=1S/C19H29FN6O.HI/c1-14-12-17(20)7-6-16(14)8-10-22-19(21-9-5-11-27-4)23-13-18-25-24-15(2)26(18)3;/h6-7,12H,5,8-11,13H2,1-4H3,(H2,21,22,23);1H. The van der Waals surface area contributed by atoms with E-state index in [1.807, 2.05) is 31.5 Å². The van der Waals surface area contributed by atoms with E-state index >= 15 is 0 Å². The lowest BCUT2D eigenvalue weighted by atomic mass is 10.1. The van der Waals surface area contributed by atoms with Crippen LogP contribution in [0.4, 0.5) is 4.39 Å². The predicted octanol–water partition coefficient (Wildman–Crippen LogP) is 2.50. The van der Waals surface area contributed by atoms with E-state index in [9.17, 15) is 4.39 Å². The highest BCUT2D eigenvalue weighted by atomic mass is 127. The Hall–Kier alpha value is -1.75. The Kier molecular flexibility index (Phi) is 11.0. The lowest BCUT2D eigenvalue weighted by Crippen LogP contribution is -2.39. The van der Waals surface area contributed by atoms with Crippen LogP contribution in [0.3, 0.4) is 0 Å². The second-order valence-corrected chi connectivity index (χ2v) is 6.41. The van der Waals surface area contributed by atoms with Gasteiger partial charge in [-0.05, 0) is 49.9 Å². The van der Waals surface area contributed by atoms with Crippen molar-refractivity contribution < 1.29 is 9.13 Å². The van der Waals surface area contributed by atoms with Gasteiger partial charge in [-0.25, -0.2) is 9.38 Å². The van der Waals surface area contributed by atoms with Crippen molar-refractivity contribution in [3.05, 3.63) is 46.8 Å². The quantitative estimate of drug-likeness (QED) is 0.238. The Morgan fingerprint density at radius 2 is 1.96 bits per heavy atom. The maximum absolute atomic E-state index is 13.2. The Morgan fingerprint density at radius 1 is 1.21 bits per heavy atom. The second kappa shape index (κ2) is 12.7. The van der Waals surface area contributed by atoms with E-state index < -0.39 is 0 Å². The van der Waals surface area contributed by atoms with E-state index in [1.54, 1.807) is 13.2 Å². The van der Waals surface area contributed by atoms with E-state index in [4.69, 9.17) is 4.74 Å². The summed E-state index contributed by atoms with van der Waals surface area (Å²) in [7, 11) is 3.62. The molecule has 1 aromatic heterocycles. The molecule has 1 aromatic carbocycles. The molecule has 0 bridgehead atoms. The van der Waals surface area contributed by atoms with E-state index in [2.05, 4.69) is 25.8 Å². The summed E-state index contributed by atoms with van der Waals surface area (Å²) in [5.41, 5.74) is 2.07. The molecule has 0 saturated carbocycles. The van der Waals surface area contributed by atoms with Crippen LogP contribution in [-0.4, -0.2) is 47.5 Å². The van der Waals surface area contributed by atoms with Crippen LogP contribution in [0.25, 0.3) is 0 Å². The van der Waals surface area contributed by atoms with Crippen LogP contribution in [0.15, 0.2) is 23.2 Å². The summed E-state index contributed by atoms with van der Waals surface area (Å²) in [5.74, 6) is 2.17. The van der Waals surface area contributed by atoms with Crippen LogP contribution in [-0.2, 0) is 24.8 Å². The lowest BCUT2D eigenvalue weighted by molar-refractivity contribution is 0.195. The van der Waals surface area contributed by atoms with Gasteiger partial charge in [-0.3, -0.25) is 0 Å². The third-order valence-corrected chi connectivity index (χ3v) is 4.37. The van der Waals surface area contributed by atoms with E-state index in [-0.39, 0.29) is 29.8 Å². The molecule has 7 nitrogen and oxygen atoms in total. The zero-order valence-corrected chi connectivity index (χ0v) is 19.3. The first-order valence-corrected chi connectivity index (χ1v) is 9.12. The SMILES string of the molecule is COCCCNC(=NCc1nnc(C)n1C)NCCc1ccc(F)cc1C.I. The van der Waals surface area contributed by atoms with Crippen molar-refractivity contribution in [2.24, 2.45) is 12.0 Å². The number of hydrogen-bond acceptors (Lipinski definition) is 4. The molecule has 0 aliphatic carbocycles. The minimum Gasteiger partial charge on any atom is -0.385 e. The maximum atomic E-state index is 13.2. The smallest absolute Gasteiger partial charge is 0.191 e. The zero-order valence-electron chi connectivity index (χ0n) is 17.0. The van der Waals surface area contributed by atoms with Gasteiger partial charge in [0.1, 0.15) is 18.2 Å².